The fourth-order valence-electron chi connectivity index (χ4n) is 1.22. The number of carbonyl (C=O) groups excluding carboxylic acids is 1. The lowest BCUT2D eigenvalue weighted by molar-refractivity contribution is -0.142. The van der Waals surface area contributed by atoms with Crippen LogP contribution in [0.2, 0.25) is 0 Å². The molecule has 2 N–H and O–H groups in total. The Hall–Kier alpha value is -1.46. The Labute approximate surface area is 94.5 Å². The molecule has 16 heavy (non-hydrogen) atoms. The van der Waals surface area contributed by atoms with Crippen molar-refractivity contribution in [3.05, 3.63) is 30.1 Å². The minimum Gasteiger partial charge on any atom is -0.469 e. The fourth-order valence-corrected chi connectivity index (χ4v) is 1.22. The number of nitrogens with zero attached hydrogens (tertiary/aromatic N) is 1. The number of hydrogen-bond acceptors (Lipinski definition) is 5. The van der Waals surface area contributed by atoms with Gasteiger partial charge in [-0.25, -0.2) is 0 Å². The molecule has 0 saturated carbocycles. The van der Waals surface area contributed by atoms with Crippen LogP contribution >= 0.6 is 0 Å². The van der Waals surface area contributed by atoms with E-state index in [1.165, 1.54) is 7.11 Å². The minimum absolute atomic E-state index is 0.00567. The number of ether oxygens (including phenoxy) is 1. The second-order valence-corrected chi connectivity index (χ2v) is 3.39. The van der Waals surface area contributed by atoms with Crippen LogP contribution in [0.1, 0.15) is 12.1 Å². The van der Waals surface area contributed by atoms with Gasteiger partial charge in [-0.05, 0) is 12.1 Å². The molecular formula is C11H16N2O3. The van der Waals surface area contributed by atoms with Crippen LogP contribution in [0, 0.1) is 0 Å². The number of rotatable bonds is 6. The number of aliphatic hydroxyl groups excluding tert-OH is 1. The Kier molecular flexibility index (Phi) is 5.45. The van der Waals surface area contributed by atoms with Crippen molar-refractivity contribution in [3.63, 3.8) is 0 Å². The number of aromatic nitrogens is 1. The maximum atomic E-state index is 10.8. The molecule has 0 amide bonds. The van der Waals surface area contributed by atoms with Crippen LogP contribution in [0.25, 0.3) is 0 Å². The van der Waals surface area contributed by atoms with E-state index in [1.54, 1.807) is 6.20 Å². The number of esters is 1. The maximum Gasteiger partial charge on any atom is 0.308 e. The van der Waals surface area contributed by atoms with Crippen LogP contribution < -0.4 is 5.32 Å². The first-order valence-electron chi connectivity index (χ1n) is 5.08. The summed E-state index contributed by atoms with van der Waals surface area (Å²) in [4.78, 5) is 14.9. The number of pyridine rings is 1. The third-order valence-corrected chi connectivity index (χ3v) is 2.04. The number of aliphatic hydroxyl groups is 1. The molecule has 0 bridgehead atoms. The summed E-state index contributed by atoms with van der Waals surface area (Å²) in [7, 11) is 1.30. The van der Waals surface area contributed by atoms with Crippen LogP contribution in [0.4, 0.5) is 0 Å². The summed E-state index contributed by atoms with van der Waals surface area (Å²) in [6.07, 6.45) is 0.990. The fraction of sp³-hybridized carbons (Fsp3) is 0.455. The minimum atomic E-state index is -0.726. The Balaban J connectivity index is 2.18. The third kappa shape index (κ3) is 4.86. The molecule has 1 unspecified atom stereocenters. The van der Waals surface area contributed by atoms with Gasteiger partial charge in [0.05, 0.1) is 25.3 Å². The van der Waals surface area contributed by atoms with Crippen LogP contribution in [-0.2, 0) is 16.1 Å². The summed E-state index contributed by atoms with van der Waals surface area (Å²) in [5, 5.41) is 12.5. The van der Waals surface area contributed by atoms with Gasteiger partial charge in [0.15, 0.2) is 0 Å². The van der Waals surface area contributed by atoms with Gasteiger partial charge in [0.2, 0.25) is 0 Å². The van der Waals surface area contributed by atoms with Gasteiger partial charge in [-0.2, -0.15) is 0 Å². The predicted molar refractivity (Wildman–Crippen MR) is 58.6 cm³/mol. The van der Waals surface area contributed by atoms with Crippen molar-refractivity contribution in [1.82, 2.24) is 10.3 Å². The van der Waals surface area contributed by atoms with Gasteiger partial charge in [0.1, 0.15) is 0 Å². The van der Waals surface area contributed by atoms with Gasteiger partial charge < -0.3 is 15.2 Å². The van der Waals surface area contributed by atoms with Gasteiger partial charge >= 0.3 is 5.97 Å². The standard InChI is InChI=1S/C11H16N2O3/c1-16-11(15)6-10(14)8-12-7-9-4-2-3-5-13-9/h2-5,10,12,14H,6-8H2,1H3. The first-order valence-corrected chi connectivity index (χ1v) is 5.08. The van der Waals surface area contributed by atoms with Gasteiger partial charge in [-0.3, -0.25) is 9.78 Å². The van der Waals surface area contributed by atoms with E-state index < -0.39 is 12.1 Å². The highest BCUT2D eigenvalue weighted by molar-refractivity contribution is 5.69. The third-order valence-electron chi connectivity index (χ3n) is 2.04. The molecule has 1 atom stereocenters. The summed E-state index contributed by atoms with van der Waals surface area (Å²) in [5.41, 5.74) is 0.896. The van der Waals surface area contributed by atoms with Crippen molar-refractivity contribution in [2.45, 2.75) is 19.1 Å². The first-order chi connectivity index (χ1) is 7.72. The van der Waals surface area contributed by atoms with E-state index in [0.717, 1.165) is 5.69 Å². The molecule has 0 spiro atoms. The zero-order chi connectivity index (χ0) is 11.8. The molecule has 1 rings (SSSR count). The Bertz CT molecular complexity index is 316. The SMILES string of the molecule is COC(=O)CC(O)CNCc1ccccn1. The van der Waals surface area contributed by atoms with Crippen molar-refractivity contribution in [2.75, 3.05) is 13.7 Å². The van der Waals surface area contributed by atoms with Crippen molar-refractivity contribution < 1.29 is 14.6 Å². The second-order valence-electron chi connectivity index (χ2n) is 3.39. The molecule has 1 aromatic heterocycles. The van der Waals surface area contributed by atoms with E-state index >= 15 is 0 Å². The molecule has 0 aromatic carbocycles. The highest BCUT2D eigenvalue weighted by Gasteiger charge is 2.10. The monoisotopic (exact) mass is 224 g/mol. The van der Waals surface area contributed by atoms with Gasteiger partial charge in [0, 0.05) is 19.3 Å². The number of hydrogen-bond donors (Lipinski definition) is 2. The smallest absolute Gasteiger partial charge is 0.308 e. The van der Waals surface area contributed by atoms with Crippen LogP contribution in [0.5, 0.6) is 0 Å². The highest BCUT2D eigenvalue weighted by atomic mass is 16.5. The molecule has 1 heterocycles. The van der Waals surface area contributed by atoms with Crippen LogP contribution in [-0.4, -0.2) is 35.8 Å². The normalized spacial score (nSPS) is 12.1. The number of nitrogens with one attached hydrogen (secondary N) is 1. The molecule has 5 nitrogen and oxygen atoms in total. The Morgan fingerprint density at radius 2 is 2.44 bits per heavy atom. The topological polar surface area (TPSA) is 71.5 Å². The van der Waals surface area contributed by atoms with E-state index in [4.69, 9.17) is 0 Å². The van der Waals surface area contributed by atoms with Gasteiger partial charge in [-0.1, -0.05) is 6.07 Å². The van der Waals surface area contributed by atoms with Gasteiger partial charge in [-0.15, -0.1) is 0 Å². The van der Waals surface area contributed by atoms with E-state index in [2.05, 4.69) is 15.0 Å². The Morgan fingerprint density at radius 3 is 3.06 bits per heavy atom. The second kappa shape index (κ2) is 6.92. The zero-order valence-corrected chi connectivity index (χ0v) is 9.22. The quantitative estimate of drug-likeness (QED) is 0.670. The highest BCUT2D eigenvalue weighted by Crippen LogP contribution is 1.95. The molecule has 0 aliphatic carbocycles. The maximum absolute atomic E-state index is 10.8. The lowest BCUT2D eigenvalue weighted by Crippen LogP contribution is -2.28. The lowest BCUT2D eigenvalue weighted by atomic mass is 10.2. The van der Waals surface area contributed by atoms with Crippen molar-refractivity contribution >= 4 is 5.97 Å². The molecule has 5 heteroatoms. The molecule has 0 radical (unpaired) electrons. The van der Waals surface area contributed by atoms with Crippen molar-refractivity contribution in [3.8, 4) is 0 Å². The predicted octanol–water partition coefficient (Wildman–Crippen LogP) is 0.0952. The number of carbonyl (C=O) groups is 1. The van der Waals surface area contributed by atoms with Crippen LogP contribution in [0.15, 0.2) is 24.4 Å². The summed E-state index contributed by atoms with van der Waals surface area (Å²) < 4.78 is 4.45. The Morgan fingerprint density at radius 1 is 1.62 bits per heavy atom. The van der Waals surface area contributed by atoms with E-state index in [-0.39, 0.29) is 6.42 Å². The van der Waals surface area contributed by atoms with Crippen LogP contribution in [0.3, 0.4) is 0 Å². The van der Waals surface area contributed by atoms with E-state index in [9.17, 15) is 9.90 Å². The number of methoxy groups -OCH3 is 1. The zero-order valence-electron chi connectivity index (χ0n) is 9.22. The largest absolute Gasteiger partial charge is 0.469 e. The van der Waals surface area contributed by atoms with Gasteiger partial charge in [0.25, 0.3) is 0 Å². The van der Waals surface area contributed by atoms with Crippen molar-refractivity contribution in [1.29, 1.82) is 0 Å². The molecule has 1 aromatic rings. The van der Waals surface area contributed by atoms with Crippen molar-refractivity contribution in [2.24, 2.45) is 0 Å². The summed E-state index contributed by atoms with van der Waals surface area (Å²) in [6.45, 7) is 0.907. The molecule has 0 aliphatic rings. The van der Waals surface area contributed by atoms with E-state index in [0.29, 0.717) is 13.1 Å². The average Bonchev–Trinajstić information content (AvgIpc) is 2.30. The molecule has 0 saturated heterocycles. The lowest BCUT2D eigenvalue weighted by Gasteiger charge is -2.10. The average molecular weight is 224 g/mol. The van der Waals surface area contributed by atoms with E-state index in [1.807, 2.05) is 18.2 Å². The first kappa shape index (κ1) is 12.6. The summed E-state index contributed by atoms with van der Waals surface area (Å²) in [6, 6.07) is 5.63. The summed E-state index contributed by atoms with van der Waals surface area (Å²) in [5.74, 6) is -0.410. The molecule has 0 fully saturated rings. The molecule has 88 valence electrons. The molecular weight excluding hydrogens is 208 g/mol. The summed E-state index contributed by atoms with van der Waals surface area (Å²) >= 11 is 0. The molecule has 0 aliphatic heterocycles.